The Morgan fingerprint density at radius 1 is 1.10 bits per heavy atom. The third-order valence-electron chi connectivity index (χ3n) is 3.35. The molecule has 106 valence electrons. The van der Waals surface area contributed by atoms with E-state index < -0.39 is 0 Å². The molecule has 0 saturated heterocycles. The summed E-state index contributed by atoms with van der Waals surface area (Å²) < 4.78 is 5.33. The van der Waals surface area contributed by atoms with Gasteiger partial charge in [0.1, 0.15) is 5.75 Å². The second kappa shape index (κ2) is 6.58. The Hall–Kier alpha value is -1.80. The lowest BCUT2D eigenvalue weighted by Crippen LogP contribution is -2.22. The highest BCUT2D eigenvalue weighted by Crippen LogP contribution is 2.28. The minimum absolute atomic E-state index is 0.481. The highest BCUT2D eigenvalue weighted by molar-refractivity contribution is 5.69. The number of methoxy groups -OCH3 is 1. The molecule has 2 aromatic carbocycles. The molecule has 2 heteroatoms. The molecule has 20 heavy (non-hydrogen) atoms. The van der Waals surface area contributed by atoms with Crippen molar-refractivity contribution in [2.45, 2.75) is 33.4 Å². The van der Waals surface area contributed by atoms with Crippen LogP contribution in [0.4, 0.5) is 0 Å². The normalized spacial score (nSPS) is 10.8. The number of aryl methyl sites for hydroxylation is 1. The smallest absolute Gasteiger partial charge is 0.119 e. The molecule has 2 aromatic rings. The van der Waals surface area contributed by atoms with Gasteiger partial charge in [0.25, 0.3) is 0 Å². The second-order valence-corrected chi connectivity index (χ2v) is 5.43. The maximum Gasteiger partial charge on any atom is 0.119 e. The standard InChI is InChI=1S/C18H23NO/c1-13(2)19-12-16-9-8-14(3)10-18(16)15-6-5-7-17(11-15)20-4/h5-11,13,19H,12H2,1-4H3. The van der Waals surface area contributed by atoms with E-state index in [1.807, 2.05) is 12.1 Å². The number of nitrogens with one attached hydrogen (secondary N) is 1. The Labute approximate surface area is 121 Å². The first kappa shape index (κ1) is 14.6. The molecule has 0 atom stereocenters. The van der Waals surface area contributed by atoms with E-state index in [0.29, 0.717) is 6.04 Å². The summed E-state index contributed by atoms with van der Waals surface area (Å²) in [6.07, 6.45) is 0. The van der Waals surface area contributed by atoms with Crippen molar-refractivity contribution in [1.29, 1.82) is 0 Å². The fourth-order valence-corrected chi connectivity index (χ4v) is 2.22. The highest BCUT2D eigenvalue weighted by atomic mass is 16.5. The molecular formula is C18H23NO. The Morgan fingerprint density at radius 3 is 2.60 bits per heavy atom. The predicted octanol–water partition coefficient (Wildman–Crippen LogP) is 4.17. The average Bonchev–Trinajstić information content (AvgIpc) is 2.46. The van der Waals surface area contributed by atoms with Crippen LogP contribution in [0.3, 0.4) is 0 Å². The van der Waals surface area contributed by atoms with Crippen molar-refractivity contribution < 1.29 is 4.74 Å². The van der Waals surface area contributed by atoms with Crippen LogP contribution in [0, 0.1) is 6.92 Å². The lowest BCUT2D eigenvalue weighted by Gasteiger charge is -2.14. The van der Waals surface area contributed by atoms with Gasteiger partial charge in [-0.25, -0.2) is 0 Å². The summed E-state index contributed by atoms with van der Waals surface area (Å²) >= 11 is 0. The molecule has 0 bridgehead atoms. The van der Waals surface area contributed by atoms with E-state index in [0.717, 1.165) is 12.3 Å². The Kier molecular flexibility index (Phi) is 4.80. The summed E-state index contributed by atoms with van der Waals surface area (Å²) in [6.45, 7) is 7.34. The third kappa shape index (κ3) is 3.61. The van der Waals surface area contributed by atoms with Gasteiger partial charge in [0.15, 0.2) is 0 Å². The number of rotatable bonds is 5. The van der Waals surface area contributed by atoms with Crippen molar-refractivity contribution in [2.75, 3.05) is 7.11 Å². The molecule has 0 aromatic heterocycles. The van der Waals surface area contributed by atoms with E-state index in [-0.39, 0.29) is 0 Å². The minimum Gasteiger partial charge on any atom is -0.497 e. The lowest BCUT2D eigenvalue weighted by molar-refractivity contribution is 0.415. The van der Waals surface area contributed by atoms with Crippen LogP contribution >= 0.6 is 0 Å². The molecular weight excluding hydrogens is 246 g/mol. The molecule has 0 unspecified atom stereocenters. The average molecular weight is 269 g/mol. The first-order valence-corrected chi connectivity index (χ1v) is 7.07. The number of hydrogen-bond donors (Lipinski definition) is 1. The number of benzene rings is 2. The van der Waals surface area contributed by atoms with E-state index in [2.05, 4.69) is 56.4 Å². The molecule has 0 spiro atoms. The molecule has 0 aliphatic rings. The van der Waals surface area contributed by atoms with E-state index in [9.17, 15) is 0 Å². The van der Waals surface area contributed by atoms with Crippen LogP contribution in [0.1, 0.15) is 25.0 Å². The number of hydrogen-bond acceptors (Lipinski definition) is 2. The molecule has 0 fully saturated rings. The van der Waals surface area contributed by atoms with Gasteiger partial charge in [0, 0.05) is 12.6 Å². The maximum atomic E-state index is 5.33. The SMILES string of the molecule is COc1cccc(-c2cc(C)ccc2CNC(C)C)c1. The molecule has 2 nitrogen and oxygen atoms in total. The maximum absolute atomic E-state index is 5.33. The summed E-state index contributed by atoms with van der Waals surface area (Å²) in [5.74, 6) is 0.895. The zero-order chi connectivity index (χ0) is 14.5. The summed E-state index contributed by atoms with van der Waals surface area (Å²) in [5, 5.41) is 3.49. The van der Waals surface area contributed by atoms with Crippen molar-refractivity contribution in [3.8, 4) is 16.9 Å². The van der Waals surface area contributed by atoms with Gasteiger partial charge in [0.2, 0.25) is 0 Å². The van der Waals surface area contributed by atoms with Crippen LogP contribution in [0.5, 0.6) is 5.75 Å². The first-order valence-electron chi connectivity index (χ1n) is 7.07. The predicted molar refractivity (Wildman–Crippen MR) is 85.1 cm³/mol. The third-order valence-corrected chi connectivity index (χ3v) is 3.35. The monoisotopic (exact) mass is 269 g/mol. The van der Waals surface area contributed by atoms with Gasteiger partial charge >= 0.3 is 0 Å². The molecule has 0 aliphatic carbocycles. The first-order chi connectivity index (χ1) is 9.60. The summed E-state index contributed by atoms with van der Waals surface area (Å²) in [6, 6.07) is 15.3. The second-order valence-electron chi connectivity index (χ2n) is 5.43. The molecule has 2 rings (SSSR count). The van der Waals surface area contributed by atoms with Gasteiger partial charge in [-0.15, -0.1) is 0 Å². The van der Waals surface area contributed by atoms with Crippen LogP contribution in [0.15, 0.2) is 42.5 Å². The highest BCUT2D eigenvalue weighted by Gasteiger charge is 2.07. The molecule has 0 radical (unpaired) electrons. The van der Waals surface area contributed by atoms with Gasteiger partial charge in [0.05, 0.1) is 7.11 Å². The largest absolute Gasteiger partial charge is 0.497 e. The topological polar surface area (TPSA) is 21.3 Å². The van der Waals surface area contributed by atoms with Crippen LogP contribution in [-0.4, -0.2) is 13.2 Å². The minimum atomic E-state index is 0.481. The van der Waals surface area contributed by atoms with E-state index >= 15 is 0 Å². The molecule has 0 aliphatic heterocycles. The Bertz CT molecular complexity index is 575. The van der Waals surface area contributed by atoms with E-state index in [1.54, 1.807) is 7.11 Å². The van der Waals surface area contributed by atoms with Crippen molar-refractivity contribution in [3.05, 3.63) is 53.6 Å². The van der Waals surface area contributed by atoms with Crippen LogP contribution in [-0.2, 0) is 6.54 Å². The van der Waals surface area contributed by atoms with Gasteiger partial charge in [-0.05, 0) is 35.7 Å². The number of ether oxygens (including phenoxy) is 1. The van der Waals surface area contributed by atoms with Crippen molar-refractivity contribution in [2.24, 2.45) is 0 Å². The van der Waals surface area contributed by atoms with Gasteiger partial charge < -0.3 is 10.1 Å². The van der Waals surface area contributed by atoms with Crippen molar-refractivity contribution in [1.82, 2.24) is 5.32 Å². The molecule has 0 saturated carbocycles. The van der Waals surface area contributed by atoms with Gasteiger partial charge in [-0.1, -0.05) is 49.7 Å². The van der Waals surface area contributed by atoms with Gasteiger partial charge in [-0.2, -0.15) is 0 Å². The molecule has 0 amide bonds. The molecule has 0 heterocycles. The Balaban J connectivity index is 2.39. The van der Waals surface area contributed by atoms with Crippen molar-refractivity contribution in [3.63, 3.8) is 0 Å². The Morgan fingerprint density at radius 2 is 1.90 bits per heavy atom. The summed E-state index contributed by atoms with van der Waals surface area (Å²) in [4.78, 5) is 0. The van der Waals surface area contributed by atoms with E-state index in [1.165, 1.54) is 22.3 Å². The van der Waals surface area contributed by atoms with Crippen molar-refractivity contribution >= 4 is 0 Å². The van der Waals surface area contributed by atoms with Gasteiger partial charge in [-0.3, -0.25) is 0 Å². The van der Waals surface area contributed by atoms with E-state index in [4.69, 9.17) is 4.74 Å². The van der Waals surface area contributed by atoms with Crippen LogP contribution < -0.4 is 10.1 Å². The zero-order valence-electron chi connectivity index (χ0n) is 12.7. The fourth-order valence-electron chi connectivity index (χ4n) is 2.22. The fraction of sp³-hybridized carbons (Fsp3) is 0.333. The lowest BCUT2D eigenvalue weighted by atomic mass is 9.97. The summed E-state index contributed by atoms with van der Waals surface area (Å²) in [7, 11) is 1.70. The van der Waals surface area contributed by atoms with Crippen LogP contribution in [0.25, 0.3) is 11.1 Å². The molecule has 1 N–H and O–H groups in total. The van der Waals surface area contributed by atoms with Crippen LogP contribution in [0.2, 0.25) is 0 Å². The quantitative estimate of drug-likeness (QED) is 0.879. The zero-order valence-corrected chi connectivity index (χ0v) is 12.7. The summed E-state index contributed by atoms with van der Waals surface area (Å²) in [5.41, 5.74) is 5.07.